The number of aryl methyl sites for hydroxylation is 1. The highest BCUT2D eigenvalue weighted by atomic mass is 35.5. The molecule has 0 aliphatic carbocycles. The van der Waals surface area contributed by atoms with Crippen molar-refractivity contribution in [1.82, 2.24) is 25.5 Å². The fraction of sp³-hybridized carbons (Fsp3) is 0.381. The summed E-state index contributed by atoms with van der Waals surface area (Å²) in [4.78, 5) is 63.6. The maximum absolute atomic E-state index is 13.2. The molecule has 2 fully saturated rings. The van der Waals surface area contributed by atoms with Crippen molar-refractivity contribution in [2.45, 2.75) is 70.0 Å². The number of halogens is 1. The Hall–Kier alpha value is -5.06. The number of nitrogens with one attached hydrogen (secondary N) is 2. The van der Waals surface area contributed by atoms with Crippen LogP contribution < -0.4 is 25.6 Å². The second-order valence-corrected chi connectivity index (χ2v) is 18.7. The fourth-order valence-corrected chi connectivity index (χ4v) is 9.43. The third-order valence-electron chi connectivity index (χ3n) is 10.9. The molecule has 0 bridgehead atoms. The van der Waals surface area contributed by atoms with E-state index < -0.39 is 19.1 Å². The Morgan fingerprint density at radius 1 is 0.982 bits per heavy atom. The van der Waals surface area contributed by atoms with E-state index in [1.807, 2.05) is 48.5 Å². The zero-order valence-electron chi connectivity index (χ0n) is 31.8. The molecule has 1 atom stereocenters. The number of fused-ring (bicyclic) bond motifs is 1. The number of amides is 4. The van der Waals surface area contributed by atoms with Crippen LogP contribution >= 0.6 is 18.7 Å². The third kappa shape index (κ3) is 8.66. The van der Waals surface area contributed by atoms with Crippen LogP contribution in [0.4, 0.5) is 5.69 Å². The van der Waals surface area contributed by atoms with E-state index in [1.54, 1.807) is 37.6 Å². The topological polar surface area (TPSA) is 151 Å². The lowest BCUT2D eigenvalue weighted by Gasteiger charge is -2.34. The number of nitrogens with zero attached hydrogens (tertiary/aromatic N) is 4. The molecule has 3 aliphatic heterocycles. The number of methoxy groups -OCH3 is 1. The number of rotatable bonds is 12. The predicted molar refractivity (Wildman–Crippen MR) is 215 cm³/mol. The molecule has 4 aromatic rings. The molecule has 0 saturated carbocycles. The molecule has 0 spiro atoms. The van der Waals surface area contributed by atoms with Crippen molar-refractivity contribution in [3.63, 3.8) is 0 Å². The van der Waals surface area contributed by atoms with Crippen molar-refractivity contribution >= 4 is 53.4 Å². The van der Waals surface area contributed by atoms with Crippen LogP contribution in [0.5, 0.6) is 5.75 Å². The highest BCUT2D eigenvalue weighted by Crippen LogP contribution is 2.37. The Balaban J connectivity index is 0.920. The Bertz CT molecular complexity index is 2240. The maximum Gasteiger partial charge on any atom is 0.255 e. The number of piperidine rings is 2. The van der Waals surface area contributed by atoms with Gasteiger partial charge in [-0.2, -0.15) is 0 Å². The van der Waals surface area contributed by atoms with Gasteiger partial charge >= 0.3 is 0 Å². The summed E-state index contributed by atoms with van der Waals surface area (Å²) in [5, 5.41) is 6.84. The molecule has 4 amide bonds. The standard InChI is InChI=1S/C42H46ClN6O6P/c1-55-36-23-30(13-11-27(36)22-38-44-24-33(43)34(46-38)21-28-7-4-5-10-37(28)56(2,3)54)48-19-17-29(18-20-48)45-39(50)15-12-26-8-6-9-31-32(26)25-49(42(31)53)35-14-16-40(51)47-41(35)52/h4-11,13,23-24,29,35H,12,14-22,25H2,1-3H3,(H,45,50)(H,47,51,52). The number of imide groups is 1. The minimum atomic E-state index is -2.49. The highest BCUT2D eigenvalue weighted by molar-refractivity contribution is 7.70. The lowest BCUT2D eigenvalue weighted by molar-refractivity contribution is -0.137. The van der Waals surface area contributed by atoms with Gasteiger partial charge in [0.2, 0.25) is 17.7 Å². The van der Waals surface area contributed by atoms with Crippen LogP contribution in [0.25, 0.3) is 0 Å². The highest BCUT2D eigenvalue weighted by Gasteiger charge is 2.39. The van der Waals surface area contributed by atoms with Gasteiger partial charge in [0.05, 0.1) is 17.8 Å². The minimum Gasteiger partial charge on any atom is -0.496 e. The molecule has 14 heteroatoms. The lowest BCUT2D eigenvalue weighted by Crippen LogP contribution is -2.52. The number of hydrogen-bond acceptors (Lipinski definition) is 9. The van der Waals surface area contributed by atoms with Gasteiger partial charge in [-0.05, 0) is 67.8 Å². The summed E-state index contributed by atoms with van der Waals surface area (Å²) in [6, 6.07) is 18.7. The van der Waals surface area contributed by atoms with Crippen LogP contribution in [0.3, 0.4) is 0 Å². The molecule has 3 aromatic carbocycles. The predicted octanol–water partition coefficient (Wildman–Crippen LogP) is 5.05. The lowest BCUT2D eigenvalue weighted by atomic mass is 9.99. The summed E-state index contributed by atoms with van der Waals surface area (Å²) >= 11 is 6.54. The van der Waals surface area contributed by atoms with Crippen molar-refractivity contribution in [3.8, 4) is 5.75 Å². The third-order valence-corrected chi connectivity index (χ3v) is 12.9. The van der Waals surface area contributed by atoms with Gasteiger partial charge in [0.1, 0.15) is 24.8 Å². The van der Waals surface area contributed by atoms with Crippen molar-refractivity contribution < 1.29 is 28.5 Å². The molecule has 12 nitrogen and oxygen atoms in total. The molecule has 292 valence electrons. The number of ether oxygens (including phenoxy) is 1. The molecular weight excluding hydrogens is 751 g/mol. The molecule has 2 saturated heterocycles. The van der Waals surface area contributed by atoms with Crippen LogP contribution in [-0.4, -0.2) is 84.1 Å². The van der Waals surface area contributed by atoms with Gasteiger partial charge in [-0.1, -0.05) is 54.1 Å². The van der Waals surface area contributed by atoms with E-state index in [4.69, 9.17) is 21.3 Å². The molecule has 2 N–H and O–H groups in total. The summed E-state index contributed by atoms with van der Waals surface area (Å²) < 4.78 is 18.8. The summed E-state index contributed by atoms with van der Waals surface area (Å²) in [5.41, 5.74) is 5.91. The monoisotopic (exact) mass is 796 g/mol. The quantitative estimate of drug-likeness (QED) is 0.148. The number of aromatic nitrogens is 2. The van der Waals surface area contributed by atoms with Gasteiger partial charge in [0, 0.05) is 85.7 Å². The summed E-state index contributed by atoms with van der Waals surface area (Å²) in [6.45, 7) is 5.36. The molecule has 1 aromatic heterocycles. The second kappa shape index (κ2) is 16.6. The van der Waals surface area contributed by atoms with Crippen LogP contribution in [0.2, 0.25) is 5.02 Å². The molecule has 4 heterocycles. The summed E-state index contributed by atoms with van der Waals surface area (Å²) in [5.74, 6) is 0.333. The number of anilines is 1. The van der Waals surface area contributed by atoms with Crippen LogP contribution in [0.15, 0.2) is 66.9 Å². The first-order chi connectivity index (χ1) is 26.9. The molecule has 3 aliphatic rings. The van der Waals surface area contributed by atoms with E-state index in [1.165, 1.54) is 0 Å². The van der Waals surface area contributed by atoms with Crippen LogP contribution in [-0.2, 0) is 44.8 Å². The Labute approximate surface area is 331 Å². The number of benzene rings is 3. The Kier molecular flexibility index (Phi) is 11.6. The average Bonchev–Trinajstić information content (AvgIpc) is 3.51. The van der Waals surface area contributed by atoms with Crippen LogP contribution in [0, 0.1) is 0 Å². The SMILES string of the molecule is COc1cc(N2CCC(NC(=O)CCc3cccc4c3CN(C3CCC(=O)NC3=O)C4=O)CC2)ccc1Cc1ncc(Cl)c(Cc2ccccc2P(C)(C)=O)n1. The zero-order chi connectivity index (χ0) is 39.6. The van der Waals surface area contributed by atoms with Crippen molar-refractivity contribution in [2.24, 2.45) is 0 Å². The van der Waals surface area contributed by atoms with Crippen molar-refractivity contribution in [1.29, 1.82) is 0 Å². The van der Waals surface area contributed by atoms with E-state index in [0.29, 0.717) is 47.8 Å². The van der Waals surface area contributed by atoms with Crippen molar-refractivity contribution in [2.75, 3.05) is 38.4 Å². The largest absolute Gasteiger partial charge is 0.496 e. The average molecular weight is 797 g/mol. The first kappa shape index (κ1) is 39.2. The maximum atomic E-state index is 13.2. The van der Waals surface area contributed by atoms with Gasteiger partial charge in [0.25, 0.3) is 5.91 Å². The molecular formula is C42H46ClN6O6P. The van der Waals surface area contributed by atoms with E-state index in [9.17, 15) is 23.7 Å². The van der Waals surface area contributed by atoms with E-state index >= 15 is 0 Å². The minimum absolute atomic E-state index is 0.0362. The number of carbonyl (C=O) groups is 4. The van der Waals surface area contributed by atoms with Gasteiger partial charge in [-0.25, -0.2) is 9.97 Å². The second-order valence-electron chi connectivity index (χ2n) is 15.1. The van der Waals surface area contributed by atoms with Gasteiger partial charge in [0.15, 0.2) is 0 Å². The summed E-state index contributed by atoms with van der Waals surface area (Å²) in [6.07, 6.45) is 5.38. The van der Waals surface area contributed by atoms with Gasteiger partial charge < -0.3 is 24.4 Å². The van der Waals surface area contributed by atoms with Gasteiger partial charge in [-0.3, -0.25) is 24.5 Å². The molecule has 1 unspecified atom stereocenters. The first-order valence-corrected chi connectivity index (χ1v) is 22.0. The van der Waals surface area contributed by atoms with Gasteiger partial charge in [-0.15, -0.1) is 0 Å². The Morgan fingerprint density at radius 3 is 2.50 bits per heavy atom. The molecule has 56 heavy (non-hydrogen) atoms. The molecule has 0 radical (unpaired) electrons. The van der Waals surface area contributed by atoms with E-state index in [2.05, 4.69) is 26.6 Å². The molecule has 7 rings (SSSR count). The zero-order valence-corrected chi connectivity index (χ0v) is 33.5. The first-order valence-electron chi connectivity index (χ1n) is 19.0. The van der Waals surface area contributed by atoms with E-state index in [0.717, 1.165) is 64.9 Å². The number of carbonyl (C=O) groups excluding carboxylic acids is 4. The van der Waals surface area contributed by atoms with E-state index in [-0.39, 0.29) is 43.1 Å². The fourth-order valence-electron chi connectivity index (χ4n) is 7.98. The van der Waals surface area contributed by atoms with Crippen LogP contribution in [0.1, 0.15) is 76.2 Å². The summed E-state index contributed by atoms with van der Waals surface area (Å²) in [7, 11) is -0.836. The smallest absolute Gasteiger partial charge is 0.255 e. The normalized spacial score (nSPS) is 17.5. The number of hydrogen-bond donors (Lipinski definition) is 2. The van der Waals surface area contributed by atoms with Crippen molar-refractivity contribution in [3.05, 3.63) is 111 Å². The Morgan fingerprint density at radius 2 is 1.75 bits per heavy atom.